The fourth-order valence-electron chi connectivity index (χ4n) is 1.97. The lowest BCUT2D eigenvalue weighted by Crippen LogP contribution is -1.95. The van der Waals surface area contributed by atoms with E-state index in [9.17, 15) is 4.21 Å². The van der Waals surface area contributed by atoms with Crippen molar-refractivity contribution >= 4 is 28.1 Å². The molecular formula is C15H22OS2. The Bertz CT molecular complexity index is 444. The second kappa shape index (κ2) is 7.15. The zero-order valence-corrected chi connectivity index (χ0v) is 13.5. The normalized spacial score (nSPS) is 14.6. The Morgan fingerprint density at radius 2 is 1.83 bits per heavy atom. The van der Waals surface area contributed by atoms with Crippen molar-refractivity contribution in [2.45, 2.75) is 27.2 Å². The average molecular weight is 282 g/mol. The minimum atomic E-state index is -0.906. The molecule has 0 N–H and O–H groups in total. The van der Waals surface area contributed by atoms with Crippen LogP contribution in [0.5, 0.6) is 0 Å². The summed E-state index contributed by atoms with van der Waals surface area (Å²) in [5, 5.41) is 0. The highest BCUT2D eigenvalue weighted by molar-refractivity contribution is 8.16. The maximum Gasteiger partial charge on any atom is 0.0745 e. The molecule has 1 aromatic rings. The van der Waals surface area contributed by atoms with Crippen LogP contribution in [0.25, 0.3) is 5.57 Å². The van der Waals surface area contributed by atoms with Crippen molar-refractivity contribution < 1.29 is 4.21 Å². The maximum absolute atomic E-state index is 11.6. The molecule has 0 amide bonds. The third-order valence-corrected chi connectivity index (χ3v) is 5.49. The number of allylic oxidation sites excluding steroid dienone is 1. The number of benzene rings is 1. The average Bonchev–Trinajstić information content (AvgIpc) is 2.29. The zero-order valence-electron chi connectivity index (χ0n) is 11.8. The molecule has 0 aliphatic rings. The van der Waals surface area contributed by atoms with E-state index in [1.807, 2.05) is 13.2 Å². The minimum absolute atomic E-state index is 0.678. The lowest BCUT2D eigenvalue weighted by atomic mass is 10.0. The highest BCUT2D eigenvalue weighted by atomic mass is 32.2. The molecule has 1 nitrogen and oxygen atoms in total. The van der Waals surface area contributed by atoms with Gasteiger partial charge in [0.1, 0.15) is 0 Å². The van der Waals surface area contributed by atoms with E-state index in [0.717, 1.165) is 16.2 Å². The topological polar surface area (TPSA) is 17.1 Å². The Hall–Kier alpha value is -0.540. The highest BCUT2D eigenvalue weighted by Gasteiger charge is 2.08. The van der Waals surface area contributed by atoms with Gasteiger partial charge in [-0.3, -0.25) is 4.21 Å². The Balaban J connectivity index is 3.01. The largest absolute Gasteiger partial charge is 0.254 e. The van der Waals surface area contributed by atoms with Crippen LogP contribution >= 0.6 is 11.8 Å². The quantitative estimate of drug-likeness (QED) is 0.800. The molecule has 0 radical (unpaired) electrons. The molecule has 0 saturated heterocycles. The van der Waals surface area contributed by atoms with Crippen LogP contribution < -0.4 is 0 Å². The molecule has 1 rings (SSSR count). The van der Waals surface area contributed by atoms with Gasteiger partial charge in [-0.25, -0.2) is 0 Å². The zero-order chi connectivity index (χ0) is 13.7. The Morgan fingerprint density at radius 1 is 1.28 bits per heavy atom. The summed E-state index contributed by atoms with van der Waals surface area (Å²) in [7, 11) is -0.906. The van der Waals surface area contributed by atoms with Crippen molar-refractivity contribution in [2.75, 3.05) is 12.5 Å². The van der Waals surface area contributed by atoms with Gasteiger partial charge in [0, 0.05) is 6.26 Å². The van der Waals surface area contributed by atoms with Gasteiger partial charge in [-0.2, -0.15) is 0 Å². The molecule has 0 aliphatic carbocycles. The Kier molecular flexibility index (Phi) is 6.16. The number of rotatable bonds is 5. The molecule has 0 aliphatic heterocycles. The summed E-state index contributed by atoms with van der Waals surface area (Å²) in [5.41, 5.74) is 3.66. The first-order valence-corrected chi connectivity index (χ1v) is 8.91. The summed E-state index contributed by atoms with van der Waals surface area (Å²) in [6.45, 7) is 6.50. The lowest BCUT2D eigenvalue weighted by molar-refractivity contribution is 0.647. The van der Waals surface area contributed by atoms with E-state index >= 15 is 0 Å². The fourth-order valence-corrected chi connectivity index (χ4v) is 3.88. The monoisotopic (exact) mass is 282 g/mol. The molecule has 1 aromatic carbocycles. The smallest absolute Gasteiger partial charge is 0.0745 e. The molecule has 0 aromatic heterocycles. The van der Waals surface area contributed by atoms with Gasteiger partial charge >= 0.3 is 0 Å². The second-order valence-corrected chi connectivity index (χ2v) is 7.26. The Labute approximate surface area is 118 Å². The molecular weight excluding hydrogens is 260 g/mol. The predicted molar refractivity (Wildman–Crippen MR) is 85.2 cm³/mol. The van der Waals surface area contributed by atoms with Crippen LogP contribution in [0.15, 0.2) is 28.5 Å². The first kappa shape index (κ1) is 15.5. The van der Waals surface area contributed by atoms with Gasteiger partial charge in [-0.15, -0.1) is 11.8 Å². The van der Waals surface area contributed by atoms with Crippen LogP contribution in [0.1, 0.15) is 31.9 Å². The van der Waals surface area contributed by atoms with Gasteiger partial charge in [-0.1, -0.05) is 38.1 Å². The van der Waals surface area contributed by atoms with Crippen molar-refractivity contribution in [3.63, 3.8) is 0 Å². The van der Waals surface area contributed by atoms with Crippen molar-refractivity contribution in [2.24, 2.45) is 5.92 Å². The summed E-state index contributed by atoms with van der Waals surface area (Å²) in [6.07, 6.45) is 4.83. The molecule has 0 bridgehead atoms. The molecule has 0 fully saturated rings. The van der Waals surface area contributed by atoms with Crippen molar-refractivity contribution in [3.05, 3.63) is 39.6 Å². The van der Waals surface area contributed by atoms with Gasteiger partial charge < -0.3 is 0 Å². The number of hydrogen-bond acceptors (Lipinski definition) is 2. The van der Waals surface area contributed by atoms with Gasteiger partial charge in [0.15, 0.2) is 0 Å². The third-order valence-electron chi connectivity index (χ3n) is 2.78. The summed E-state index contributed by atoms with van der Waals surface area (Å²) in [6, 6.07) is 8.62. The number of hydrogen-bond donors (Lipinski definition) is 0. The summed E-state index contributed by atoms with van der Waals surface area (Å²) >= 11 is 1.58. The maximum atomic E-state index is 11.6. The molecule has 0 saturated carbocycles. The van der Waals surface area contributed by atoms with Crippen LogP contribution in [0, 0.1) is 5.92 Å². The van der Waals surface area contributed by atoms with Crippen molar-refractivity contribution in [3.8, 4) is 0 Å². The van der Waals surface area contributed by atoms with E-state index < -0.39 is 10.8 Å². The first-order chi connectivity index (χ1) is 8.45. The summed E-state index contributed by atoms with van der Waals surface area (Å²) in [5.74, 6) is 0.678. The molecule has 18 heavy (non-hydrogen) atoms. The molecule has 100 valence electrons. The van der Waals surface area contributed by atoms with Crippen LogP contribution in [0.2, 0.25) is 0 Å². The predicted octanol–water partition coefficient (Wildman–Crippen LogP) is 4.32. The molecule has 1 unspecified atom stereocenters. The lowest BCUT2D eigenvalue weighted by Gasteiger charge is -2.09. The van der Waals surface area contributed by atoms with E-state index in [0.29, 0.717) is 5.92 Å². The first-order valence-electron chi connectivity index (χ1n) is 6.13. The minimum Gasteiger partial charge on any atom is -0.254 e. The van der Waals surface area contributed by atoms with E-state index in [1.165, 1.54) is 11.1 Å². The van der Waals surface area contributed by atoms with E-state index in [4.69, 9.17) is 0 Å². The summed E-state index contributed by atoms with van der Waals surface area (Å²) < 4.78 is 12.6. The SMILES string of the molecule is CSC(=C(C)c1ccc(CC(C)C)cc1)S(C)=O. The van der Waals surface area contributed by atoms with Crippen molar-refractivity contribution in [1.82, 2.24) is 0 Å². The van der Waals surface area contributed by atoms with E-state index in [1.54, 1.807) is 18.0 Å². The van der Waals surface area contributed by atoms with Crippen LogP contribution in [0.3, 0.4) is 0 Å². The highest BCUT2D eigenvalue weighted by Crippen LogP contribution is 2.27. The number of thioether (sulfide) groups is 1. The van der Waals surface area contributed by atoms with Gasteiger partial charge in [-0.05, 0) is 42.2 Å². The molecule has 0 heterocycles. The summed E-state index contributed by atoms with van der Waals surface area (Å²) in [4.78, 5) is 0. The second-order valence-electron chi connectivity index (χ2n) is 4.87. The van der Waals surface area contributed by atoms with E-state index in [-0.39, 0.29) is 0 Å². The molecule has 0 spiro atoms. The van der Waals surface area contributed by atoms with E-state index in [2.05, 4.69) is 38.1 Å². The molecule has 1 atom stereocenters. The van der Waals surface area contributed by atoms with Crippen molar-refractivity contribution in [1.29, 1.82) is 0 Å². The van der Waals surface area contributed by atoms with Crippen LogP contribution in [-0.2, 0) is 17.2 Å². The van der Waals surface area contributed by atoms with Gasteiger partial charge in [0.05, 0.1) is 15.0 Å². The third kappa shape index (κ3) is 4.29. The fraction of sp³-hybridized carbons (Fsp3) is 0.467. The Morgan fingerprint density at radius 3 is 2.22 bits per heavy atom. The van der Waals surface area contributed by atoms with Crippen LogP contribution in [0.4, 0.5) is 0 Å². The molecule has 3 heteroatoms. The van der Waals surface area contributed by atoms with Gasteiger partial charge in [0.2, 0.25) is 0 Å². The van der Waals surface area contributed by atoms with Gasteiger partial charge in [0.25, 0.3) is 0 Å². The standard InChI is InChI=1S/C15H22OS2/c1-11(2)10-13-6-8-14(9-7-13)12(3)15(17-4)18(5)16/h6-9,11H,10H2,1-5H3. The van der Waals surface area contributed by atoms with Crippen LogP contribution in [-0.4, -0.2) is 16.7 Å².